The van der Waals surface area contributed by atoms with Crippen molar-refractivity contribution in [3.8, 4) is 0 Å². The normalized spacial score (nSPS) is 23.2. The Bertz CT molecular complexity index is 989. The van der Waals surface area contributed by atoms with E-state index >= 15 is 0 Å². The van der Waals surface area contributed by atoms with Crippen molar-refractivity contribution < 1.29 is 17.9 Å². The first kappa shape index (κ1) is 23.0. The number of likely N-dealkylation sites (tertiary alicyclic amines) is 1. The number of piperidine rings is 2. The lowest BCUT2D eigenvalue weighted by Gasteiger charge is -2.41. The maximum absolute atomic E-state index is 13.6. The van der Waals surface area contributed by atoms with Crippen LogP contribution in [-0.2, 0) is 19.6 Å². The van der Waals surface area contributed by atoms with E-state index in [0.29, 0.717) is 32.5 Å². The molecule has 2 fully saturated rings. The molecule has 172 valence electrons. The number of hydrogen-bond donors (Lipinski definition) is 0. The second-order valence-electron chi connectivity index (χ2n) is 8.57. The molecule has 2 aliphatic heterocycles. The molecule has 0 bridgehead atoms. The first-order valence-corrected chi connectivity index (χ1v) is 13.0. The maximum atomic E-state index is 13.6. The molecule has 7 heteroatoms. The lowest BCUT2D eigenvalue weighted by atomic mass is 9.89. The van der Waals surface area contributed by atoms with Gasteiger partial charge in [0, 0.05) is 26.2 Å². The van der Waals surface area contributed by atoms with E-state index in [1.165, 1.54) is 0 Å². The Hall–Kier alpha value is -2.22. The van der Waals surface area contributed by atoms with Gasteiger partial charge < -0.3 is 9.64 Å². The van der Waals surface area contributed by atoms with Crippen molar-refractivity contribution in [2.45, 2.75) is 49.6 Å². The monoisotopic (exact) mass is 456 g/mol. The third-order valence-electron chi connectivity index (χ3n) is 6.58. The highest BCUT2D eigenvalue weighted by Crippen LogP contribution is 2.38. The predicted molar refractivity (Wildman–Crippen MR) is 123 cm³/mol. The van der Waals surface area contributed by atoms with Crippen molar-refractivity contribution in [3.63, 3.8) is 0 Å². The van der Waals surface area contributed by atoms with Crippen LogP contribution in [0.2, 0.25) is 0 Å². The minimum atomic E-state index is -3.73. The van der Waals surface area contributed by atoms with Gasteiger partial charge in [-0.2, -0.15) is 4.31 Å². The highest BCUT2D eigenvalue weighted by atomic mass is 32.2. The van der Waals surface area contributed by atoms with Crippen molar-refractivity contribution in [2.24, 2.45) is 5.92 Å². The molecule has 2 aliphatic rings. The van der Waals surface area contributed by atoms with Gasteiger partial charge in [0.2, 0.25) is 15.9 Å². The summed E-state index contributed by atoms with van der Waals surface area (Å²) in [5.74, 6) is -0.253. The molecule has 2 atom stereocenters. The second-order valence-corrected chi connectivity index (χ2v) is 10.5. The highest BCUT2D eigenvalue weighted by Gasteiger charge is 2.41. The number of hydrogen-bond acceptors (Lipinski definition) is 4. The molecule has 0 spiro atoms. The van der Waals surface area contributed by atoms with Gasteiger partial charge >= 0.3 is 0 Å². The third-order valence-corrected chi connectivity index (χ3v) is 8.46. The molecule has 0 N–H and O–H groups in total. The van der Waals surface area contributed by atoms with Gasteiger partial charge in [-0.15, -0.1) is 0 Å². The predicted octanol–water partition coefficient (Wildman–Crippen LogP) is 3.86. The van der Waals surface area contributed by atoms with Crippen molar-refractivity contribution >= 4 is 15.9 Å². The van der Waals surface area contributed by atoms with Gasteiger partial charge in [0.15, 0.2) is 0 Å². The van der Waals surface area contributed by atoms with Gasteiger partial charge in [-0.25, -0.2) is 8.42 Å². The second kappa shape index (κ2) is 10.1. The Labute approximate surface area is 191 Å². The summed E-state index contributed by atoms with van der Waals surface area (Å²) in [4.78, 5) is 15.5. The third kappa shape index (κ3) is 4.90. The van der Waals surface area contributed by atoms with Crippen molar-refractivity contribution in [1.29, 1.82) is 0 Å². The molecule has 2 heterocycles. The molecule has 2 aromatic carbocycles. The van der Waals surface area contributed by atoms with Crippen molar-refractivity contribution in [1.82, 2.24) is 9.21 Å². The van der Waals surface area contributed by atoms with Crippen molar-refractivity contribution in [3.05, 3.63) is 66.2 Å². The van der Waals surface area contributed by atoms with Crippen LogP contribution in [0.25, 0.3) is 0 Å². The summed E-state index contributed by atoms with van der Waals surface area (Å²) in [6, 6.07) is 18.0. The van der Waals surface area contributed by atoms with Gasteiger partial charge in [0.05, 0.1) is 23.0 Å². The Morgan fingerprint density at radius 1 is 0.938 bits per heavy atom. The summed E-state index contributed by atoms with van der Waals surface area (Å²) >= 11 is 0. The summed E-state index contributed by atoms with van der Waals surface area (Å²) in [7, 11) is -3.73. The summed E-state index contributed by atoms with van der Waals surface area (Å²) in [5.41, 5.74) is 0.968. The van der Waals surface area contributed by atoms with E-state index in [-0.39, 0.29) is 35.4 Å². The van der Waals surface area contributed by atoms with E-state index in [0.717, 1.165) is 18.4 Å². The largest absolute Gasteiger partial charge is 0.378 e. The van der Waals surface area contributed by atoms with E-state index in [2.05, 4.69) is 0 Å². The van der Waals surface area contributed by atoms with Gasteiger partial charge in [0.25, 0.3) is 0 Å². The average molecular weight is 457 g/mol. The van der Waals surface area contributed by atoms with Crippen LogP contribution in [0.4, 0.5) is 0 Å². The number of benzene rings is 2. The standard InChI is InChI=1S/C25H32N2O4S/c1-2-31-22-15-17-26(18-16-22)25(28)21-13-14-24(20-9-5-3-6-10-20)27(19-21)32(29,30)23-11-7-4-8-12-23/h3-12,21-22,24H,2,13-19H2,1H3/t21-,24-/m1/s1. The fourth-order valence-electron chi connectivity index (χ4n) is 4.88. The fourth-order valence-corrected chi connectivity index (χ4v) is 6.59. The van der Waals surface area contributed by atoms with Crippen molar-refractivity contribution in [2.75, 3.05) is 26.2 Å². The molecule has 0 aromatic heterocycles. The summed E-state index contributed by atoms with van der Waals surface area (Å²) in [6.07, 6.45) is 3.20. The Kier molecular flexibility index (Phi) is 7.28. The fraction of sp³-hybridized carbons (Fsp3) is 0.480. The summed E-state index contributed by atoms with van der Waals surface area (Å²) in [5, 5.41) is 0. The average Bonchev–Trinajstić information content (AvgIpc) is 2.85. The summed E-state index contributed by atoms with van der Waals surface area (Å²) < 4.78 is 34.5. The lowest BCUT2D eigenvalue weighted by Crippen LogP contribution is -2.50. The molecule has 0 saturated carbocycles. The zero-order chi connectivity index (χ0) is 22.6. The van der Waals surface area contributed by atoms with Gasteiger partial charge in [-0.05, 0) is 50.3 Å². The zero-order valence-corrected chi connectivity index (χ0v) is 19.4. The van der Waals surface area contributed by atoms with E-state index in [1.54, 1.807) is 28.6 Å². The van der Waals surface area contributed by atoms with Crippen LogP contribution in [0, 0.1) is 5.92 Å². The number of carbonyl (C=O) groups excluding carboxylic acids is 1. The number of sulfonamides is 1. The quantitative estimate of drug-likeness (QED) is 0.662. The van der Waals surface area contributed by atoms with E-state index in [1.807, 2.05) is 48.2 Å². The topological polar surface area (TPSA) is 66.9 Å². The Morgan fingerprint density at radius 3 is 2.19 bits per heavy atom. The molecule has 0 unspecified atom stereocenters. The Balaban J connectivity index is 1.55. The molecule has 0 aliphatic carbocycles. The van der Waals surface area contributed by atoms with Gasteiger partial charge in [-0.1, -0.05) is 48.5 Å². The minimum absolute atomic E-state index is 0.0692. The Morgan fingerprint density at radius 2 is 1.56 bits per heavy atom. The van der Waals surface area contributed by atoms with E-state index in [4.69, 9.17) is 4.74 Å². The minimum Gasteiger partial charge on any atom is -0.378 e. The van der Waals surface area contributed by atoms with Crippen LogP contribution in [0.15, 0.2) is 65.6 Å². The SMILES string of the molecule is CCOC1CCN(C(=O)[C@@H]2CC[C@H](c3ccccc3)N(S(=O)(=O)c3ccccc3)C2)CC1. The molecule has 1 amide bonds. The maximum Gasteiger partial charge on any atom is 0.243 e. The number of amides is 1. The van der Waals surface area contributed by atoms with Crippen LogP contribution < -0.4 is 0 Å². The molecule has 32 heavy (non-hydrogen) atoms. The summed E-state index contributed by atoms with van der Waals surface area (Å²) in [6.45, 7) is 4.24. The molecule has 0 radical (unpaired) electrons. The number of carbonyl (C=O) groups is 1. The number of nitrogens with zero attached hydrogens (tertiary/aromatic N) is 2. The number of ether oxygens (including phenoxy) is 1. The molecule has 4 rings (SSSR count). The van der Waals surface area contributed by atoms with Gasteiger partial charge in [0.1, 0.15) is 0 Å². The van der Waals surface area contributed by atoms with Gasteiger partial charge in [-0.3, -0.25) is 4.79 Å². The van der Waals surface area contributed by atoms with Crippen LogP contribution in [0.5, 0.6) is 0 Å². The molecule has 6 nitrogen and oxygen atoms in total. The van der Waals surface area contributed by atoms with Crippen LogP contribution in [0.3, 0.4) is 0 Å². The smallest absolute Gasteiger partial charge is 0.243 e. The van der Waals surface area contributed by atoms with E-state index in [9.17, 15) is 13.2 Å². The first-order valence-electron chi connectivity index (χ1n) is 11.5. The van der Waals surface area contributed by atoms with Crippen LogP contribution >= 0.6 is 0 Å². The van der Waals surface area contributed by atoms with Crippen LogP contribution in [-0.4, -0.2) is 55.9 Å². The zero-order valence-electron chi connectivity index (χ0n) is 18.6. The molecule has 2 aromatic rings. The first-order chi connectivity index (χ1) is 15.5. The lowest BCUT2D eigenvalue weighted by molar-refractivity contribution is -0.139. The van der Waals surface area contributed by atoms with Crippen LogP contribution in [0.1, 0.15) is 44.2 Å². The molecular formula is C25H32N2O4S. The molecule has 2 saturated heterocycles. The molecular weight excluding hydrogens is 424 g/mol. The number of rotatable bonds is 6. The van der Waals surface area contributed by atoms with E-state index < -0.39 is 10.0 Å². The highest BCUT2D eigenvalue weighted by molar-refractivity contribution is 7.89.